The van der Waals surface area contributed by atoms with Gasteiger partial charge >= 0.3 is 0 Å². The largest absolute Gasteiger partial charge is 0.454 e. The summed E-state index contributed by atoms with van der Waals surface area (Å²) < 4.78 is 9.21. The molecule has 11 aromatic rings. The third-order valence-corrected chi connectivity index (χ3v) is 11.5. The zero-order chi connectivity index (χ0) is 36.0. The van der Waals surface area contributed by atoms with Gasteiger partial charge in [0.2, 0.25) is 0 Å². The van der Waals surface area contributed by atoms with Gasteiger partial charge in [0.05, 0.1) is 28.1 Å². The molecular formula is C52H32N2O. The Balaban J connectivity index is 1.18. The molecule has 0 atom stereocenters. The summed E-state index contributed by atoms with van der Waals surface area (Å²) in [7, 11) is 0. The number of rotatable bonds is 5. The van der Waals surface area contributed by atoms with Crippen molar-refractivity contribution >= 4 is 71.6 Å². The minimum Gasteiger partial charge on any atom is -0.454 e. The second-order valence-electron chi connectivity index (χ2n) is 14.4. The first-order valence-electron chi connectivity index (χ1n) is 18.9. The van der Waals surface area contributed by atoms with Gasteiger partial charge in [-0.05, 0) is 81.7 Å². The Labute approximate surface area is 317 Å². The van der Waals surface area contributed by atoms with Gasteiger partial charge in [0, 0.05) is 38.2 Å². The minimum absolute atomic E-state index is 0.864. The summed E-state index contributed by atoms with van der Waals surface area (Å²) in [6, 6.07) is 70.2. The van der Waals surface area contributed by atoms with Crippen LogP contribution in [-0.4, -0.2) is 4.57 Å². The molecule has 0 saturated carbocycles. The fraction of sp³-hybridized carbons (Fsp3) is 0. The summed E-state index contributed by atoms with van der Waals surface area (Å²) in [5.41, 5.74) is 15.8. The van der Waals surface area contributed by atoms with Crippen molar-refractivity contribution in [1.82, 2.24) is 4.57 Å². The van der Waals surface area contributed by atoms with Gasteiger partial charge in [0.15, 0.2) is 5.58 Å². The van der Waals surface area contributed by atoms with E-state index in [1.54, 1.807) is 0 Å². The molecule has 0 saturated heterocycles. The fourth-order valence-electron chi connectivity index (χ4n) is 9.19. The summed E-state index contributed by atoms with van der Waals surface area (Å²) in [5.74, 6) is 0. The van der Waals surface area contributed by atoms with E-state index < -0.39 is 0 Å². The first kappa shape index (κ1) is 30.1. The van der Waals surface area contributed by atoms with Crippen LogP contribution in [0.25, 0.3) is 93.6 Å². The van der Waals surface area contributed by atoms with Crippen molar-refractivity contribution in [3.8, 4) is 39.1 Å². The zero-order valence-corrected chi connectivity index (χ0v) is 29.8. The lowest BCUT2D eigenvalue weighted by atomic mass is 9.98. The highest BCUT2D eigenvalue weighted by atomic mass is 16.3. The van der Waals surface area contributed by atoms with Crippen LogP contribution in [0.3, 0.4) is 0 Å². The van der Waals surface area contributed by atoms with Crippen molar-refractivity contribution in [2.45, 2.75) is 0 Å². The molecule has 55 heavy (non-hydrogen) atoms. The number of nitrogens with zero attached hydrogens (tertiary/aromatic N) is 2. The third kappa shape index (κ3) is 4.32. The Kier molecular flexibility index (Phi) is 6.34. The van der Waals surface area contributed by atoms with Gasteiger partial charge in [0.25, 0.3) is 0 Å². The molecule has 256 valence electrons. The van der Waals surface area contributed by atoms with E-state index in [-0.39, 0.29) is 0 Å². The van der Waals surface area contributed by atoms with Gasteiger partial charge in [-0.3, -0.25) is 0 Å². The maximum absolute atomic E-state index is 6.78. The van der Waals surface area contributed by atoms with Crippen molar-refractivity contribution < 1.29 is 4.42 Å². The molecule has 0 bridgehead atoms. The fourth-order valence-corrected chi connectivity index (χ4v) is 9.19. The van der Waals surface area contributed by atoms with E-state index in [1.807, 2.05) is 6.07 Å². The number of anilines is 3. The van der Waals surface area contributed by atoms with E-state index in [4.69, 9.17) is 4.42 Å². The van der Waals surface area contributed by atoms with Gasteiger partial charge in [0.1, 0.15) is 5.58 Å². The average Bonchev–Trinajstić information content (AvgIpc) is 3.91. The summed E-state index contributed by atoms with van der Waals surface area (Å²) >= 11 is 0. The molecule has 0 aliphatic heterocycles. The van der Waals surface area contributed by atoms with E-state index in [9.17, 15) is 0 Å². The molecule has 0 radical (unpaired) electrons. The second-order valence-corrected chi connectivity index (χ2v) is 14.4. The zero-order valence-electron chi connectivity index (χ0n) is 29.8. The molecule has 12 rings (SSSR count). The van der Waals surface area contributed by atoms with E-state index in [0.717, 1.165) is 55.8 Å². The standard InChI is InChI=1S/C52H32N2O/c1-2-14-33(15-3-1)44-32-34(28-30-48(44)54-45-24-9-6-18-37(45)38-19-7-10-25-46(38)54)53(49-26-13-22-42-39-20-8-11-27-50(39)55-52(42)49)47-31-29-41-36-17-5-4-16-35(36)40-21-12-23-43(47)51(40)41/h1-32H. The molecule has 1 aliphatic rings. The highest BCUT2D eigenvalue weighted by Gasteiger charge is 2.27. The van der Waals surface area contributed by atoms with Crippen molar-refractivity contribution in [2.75, 3.05) is 4.90 Å². The summed E-state index contributed by atoms with van der Waals surface area (Å²) in [6.45, 7) is 0. The number of hydrogen-bond donors (Lipinski definition) is 0. The van der Waals surface area contributed by atoms with Crippen molar-refractivity contribution in [2.24, 2.45) is 0 Å². The third-order valence-electron chi connectivity index (χ3n) is 11.5. The van der Waals surface area contributed by atoms with E-state index in [0.29, 0.717) is 0 Å². The summed E-state index contributed by atoms with van der Waals surface area (Å²) in [5, 5.41) is 7.19. The van der Waals surface area contributed by atoms with E-state index in [1.165, 1.54) is 54.8 Å². The molecule has 0 unspecified atom stereocenters. The second kappa shape index (κ2) is 11.6. The Morgan fingerprint density at radius 3 is 1.76 bits per heavy atom. The van der Waals surface area contributed by atoms with Crippen LogP contribution in [-0.2, 0) is 0 Å². The first-order valence-corrected chi connectivity index (χ1v) is 18.9. The Morgan fingerprint density at radius 1 is 0.382 bits per heavy atom. The number of aromatic nitrogens is 1. The molecular weight excluding hydrogens is 669 g/mol. The van der Waals surface area contributed by atoms with Crippen LogP contribution in [0, 0.1) is 0 Å². The highest BCUT2D eigenvalue weighted by molar-refractivity contribution is 6.20. The van der Waals surface area contributed by atoms with Gasteiger partial charge in [-0.15, -0.1) is 0 Å². The van der Waals surface area contributed by atoms with E-state index in [2.05, 4.69) is 198 Å². The quantitative estimate of drug-likeness (QED) is 0.178. The number of fused-ring (bicyclic) bond motifs is 9. The molecule has 0 spiro atoms. The van der Waals surface area contributed by atoms with Crippen LogP contribution in [0.5, 0.6) is 0 Å². The molecule has 0 amide bonds. The molecule has 2 heterocycles. The van der Waals surface area contributed by atoms with Crippen LogP contribution in [0.4, 0.5) is 17.1 Å². The van der Waals surface area contributed by atoms with Crippen molar-refractivity contribution in [3.05, 3.63) is 194 Å². The Hall–Kier alpha value is -7.36. The Morgan fingerprint density at radius 2 is 0.982 bits per heavy atom. The molecule has 9 aromatic carbocycles. The van der Waals surface area contributed by atoms with Gasteiger partial charge in [-0.25, -0.2) is 0 Å². The molecule has 3 heteroatoms. The molecule has 3 nitrogen and oxygen atoms in total. The smallest absolute Gasteiger partial charge is 0.159 e. The van der Waals surface area contributed by atoms with Gasteiger partial charge < -0.3 is 13.9 Å². The van der Waals surface area contributed by atoms with Gasteiger partial charge in [-0.2, -0.15) is 0 Å². The predicted molar refractivity (Wildman–Crippen MR) is 230 cm³/mol. The van der Waals surface area contributed by atoms with Crippen molar-refractivity contribution in [1.29, 1.82) is 0 Å². The predicted octanol–water partition coefficient (Wildman–Crippen LogP) is 14.6. The normalized spacial score (nSPS) is 12.0. The molecule has 0 N–H and O–H groups in total. The SMILES string of the molecule is c1ccc(-c2cc(N(c3ccc4c5c(cccc35)-c3ccccc3-4)c3cccc4c3oc3ccccc34)ccc2-n2c3ccccc3c3ccccc32)cc1. The number of benzene rings is 9. The first-order chi connectivity index (χ1) is 27.3. The highest BCUT2D eigenvalue weighted by Crippen LogP contribution is 2.52. The maximum Gasteiger partial charge on any atom is 0.159 e. The number of hydrogen-bond acceptors (Lipinski definition) is 2. The average molecular weight is 701 g/mol. The lowest BCUT2D eigenvalue weighted by Crippen LogP contribution is -2.12. The van der Waals surface area contributed by atoms with Gasteiger partial charge in [-0.1, -0.05) is 146 Å². The van der Waals surface area contributed by atoms with Crippen molar-refractivity contribution in [3.63, 3.8) is 0 Å². The van der Waals surface area contributed by atoms with Crippen LogP contribution in [0.15, 0.2) is 199 Å². The lowest BCUT2D eigenvalue weighted by molar-refractivity contribution is 0.669. The summed E-state index contributed by atoms with van der Waals surface area (Å²) in [6.07, 6.45) is 0. The minimum atomic E-state index is 0.864. The molecule has 2 aromatic heterocycles. The van der Waals surface area contributed by atoms with Crippen LogP contribution in [0.1, 0.15) is 0 Å². The van der Waals surface area contributed by atoms with Crippen LogP contribution >= 0.6 is 0 Å². The Bertz CT molecular complexity index is 3250. The van der Waals surface area contributed by atoms with Crippen LogP contribution in [0.2, 0.25) is 0 Å². The summed E-state index contributed by atoms with van der Waals surface area (Å²) in [4.78, 5) is 2.42. The van der Waals surface area contributed by atoms with Crippen LogP contribution < -0.4 is 4.90 Å². The monoisotopic (exact) mass is 700 g/mol. The number of para-hydroxylation sites is 4. The molecule has 0 fully saturated rings. The maximum atomic E-state index is 6.78. The number of furan rings is 1. The van der Waals surface area contributed by atoms with E-state index >= 15 is 0 Å². The topological polar surface area (TPSA) is 21.3 Å². The lowest BCUT2D eigenvalue weighted by Gasteiger charge is -2.28. The molecule has 1 aliphatic carbocycles.